The van der Waals surface area contributed by atoms with E-state index in [1.807, 2.05) is 63.2 Å². The molecule has 6 rings (SSSR count). The molecule has 11 nitrogen and oxygen atoms in total. The summed E-state index contributed by atoms with van der Waals surface area (Å²) in [5.74, 6) is 0.304. The molecule has 3 amide bonds. The van der Waals surface area contributed by atoms with Crippen molar-refractivity contribution in [1.82, 2.24) is 21.0 Å². The van der Waals surface area contributed by atoms with Crippen molar-refractivity contribution in [3.8, 4) is 11.1 Å². The first-order valence-electron chi connectivity index (χ1n) is 21.5. The number of aliphatic hydroxyl groups is 1. The molecule has 5 N–H and O–H groups in total. The number of fused-ring (bicyclic) bond motifs is 1. The lowest BCUT2D eigenvalue weighted by Crippen LogP contribution is -2.61. The molecule has 3 aromatic carbocycles. The van der Waals surface area contributed by atoms with Gasteiger partial charge < -0.3 is 25.2 Å². The minimum absolute atomic E-state index is 0.00956. The molecule has 2 heterocycles. The van der Waals surface area contributed by atoms with Crippen LogP contribution in [0.5, 0.6) is 0 Å². The summed E-state index contributed by atoms with van der Waals surface area (Å²) in [6, 6.07) is 24.5. The quantitative estimate of drug-likeness (QED) is 0.0561. The first-order chi connectivity index (χ1) is 28.0. The van der Waals surface area contributed by atoms with E-state index in [4.69, 9.17) is 14.7 Å². The number of rotatable bonds is 16. The Morgan fingerprint density at radius 3 is 2.19 bits per heavy atom. The van der Waals surface area contributed by atoms with Crippen LogP contribution in [0.3, 0.4) is 0 Å². The van der Waals surface area contributed by atoms with Crippen LogP contribution in [0.2, 0.25) is 0 Å². The number of amides is 3. The molecule has 6 atom stereocenters. The third-order valence-corrected chi connectivity index (χ3v) is 12.0. The fraction of sp³-hybridized carbons (Fsp3) is 0.553. The predicted molar refractivity (Wildman–Crippen MR) is 223 cm³/mol. The van der Waals surface area contributed by atoms with E-state index < -0.39 is 6.29 Å². The first-order valence-corrected chi connectivity index (χ1v) is 21.5. The molecule has 2 saturated heterocycles. The number of likely N-dealkylation sites (tertiary alicyclic amines) is 1. The molecule has 2 aliphatic heterocycles. The zero-order chi connectivity index (χ0) is 41.1. The topological polar surface area (TPSA) is 149 Å². The lowest BCUT2D eigenvalue weighted by atomic mass is 9.75. The highest BCUT2D eigenvalue weighted by Gasteiger charge is 2.44. The van der Waals surface area contributed by atoms with Gasteiger partial charge in [-0.1, -0.05) is 98.5 Å². The second kappa shape index (κ2) is 20.7. The van der Waals surface area contributed by atoms with Gasteiger partial charge in [0.05, 0.1) is 24.9 Å². The van der Waals surface area contributed by atoms with Crippen LogP contribution in [-0.4, -0.2) is 63.2 Å². The molecule has 0 unspecified atom stereocenters. The maximum Gasteiger partial charge on any atom is 0.243 e. The SMILES string of the molecule is CC(C)(C)NC(=O)[C@H]1CC[C@H]2CCCC[C@H]2N1C[C@@H]1C[C@H](c2ccc(CO)cc2)O[C@H](c2ccc(-c3ccccc3CNC(=O)CCCCCCC(=O)NO)cc2)O1. The van der Waals surface area contributed by atoms with Gasteiger partial charge in [-0.2, -0.15) is 0 Å². The molecule has 11 heteroatoms. The largest absolute Gasteiger partial charge is 0.392 e. The Kier molecular flexibility index (Phi) is 15.5. The molecule has 3 aliphatic rings. The van der Waals surface area contributed by atoms with Gasteiger partial charge in [0.25, 0.3) is 0 Å². The van der Waals surface area contributed by atoms with E-state index in [0.717, 1.165) is 71.9 Å². The minimum atomic E-state index is -0.620. The molecular formula is C47H64N4O7. The van der Waals surface area contributed by atoms with Crippen molar-refractivity contribution in [2.75, 3.05) is 6.54 Å². The number of carbonyl (C=O) groups is 3. The predicted octanol–water partition coefficient (Wildman–Crippen LogP) is 7.79. The molecule has 3 aromatic rings. The number of hydrogen-bond acceptors (Lipinski definition) is 8. The van der Waals surface area contributed by atoms with Crippen LogP contribution >= 0.6 is 0 Å². The highest BCUT2D eigenvalue weighted by Crippen LogP contribution is 2.42. The second-order valence-electron chi connectivity index (χ2n) is 17.5. The van der Waals surface area contributed by atoms with E-state index in [1.54, 1.807) is 5.48 Å². The lowest BCUT2D eigenvalue weighted by Gasteiger charge is -2.50. The summed E-state index contributed by atoms with van der Waals surface area (Å²) >= 11 is 0. The van der Waals surface area contributed by atoms with Crippen molar-refractivity contribution < 1.29 is 34.2 Å². The molecule has 0 bridgehead atoms. The van der Waals surface area contributed by atoms with Crippen molar-refractivity contribution >= 4 is 17.7 Å². The summed E-state index contributed by atoms with van der Waals surface area (Å²) < 4.78 is 13.6. The number of nitrogens with zero attached hydrogens (tertiary/aromatic N) is 1. The zero-order valence-electron chi connectivity index (χ0n) is 34.6. The second-order valence-corrected chi connectivity index (χ2v) is 17.5. The molecule has 0 aromatic heterocycles. The number of ether oxygens (including phenoxy) is 2. The Bertz CT molecular complexity index is 1790. The number of aliphatic hydroxyl groups excluding tert-OH is 1. The summed E-state index contributed by atoms with van der Waals surface area (Å²) in [6.07, 6.45) is 10.1. The minimum Gasteiger partial charge on any atom is -0.392 e. The number of unbranched alkanes of at least 4 members (excludes halogenated alkanes) is 3. The summed E-state index contributed by atoms with van der Waals surface area (Å²) in [4.78, 5) is 40.2. The van der Waals surface area contributed by atoms with Gasteiger partial charge in [-0.15, -0.1) is 0 Å². The fourth-order valence-electron chi connectivity index (χ4n) is 9.03. The summed E-state index contributed by atoms with van der Waals surface area (Å²) in [5, 5.41) is 24.7. The highest BCUT2D eigenvalue weighted by molar-refractivity contribution is 5.82. The number of carbonyl (C=O) groups excluding carboxylic acids is 3. The van der Waals surface area contributed by atoms with Crippen LogP contribution in [-0.2, 0) is 37.0 Å². The highest BCUT2D eigenvalue weighted by atomic mass is 16.7. The fourth-order valence-corrected chi connectivity index (χ4v) is 9.03. The van der Waals surface area contributed by atoms with Gasteiger partial charge in [0.15, 0.2) is 6.29 Å². The van der Waals surface area contributed by atoms with E-state index in [1.165, 1.54) is 19.3 Å². The normalized spacial score (nSPS) is 23.7. The molecular weight excluding hydrogens is 733 g/mol. The monoisotopic (exact) mass is 796 g/mol. The van der Waals surface area contributed by atoms with E-state index in [0.29, 0.717) is 44.3 Å². The molecule has 0 radical (unpaired) electrons. The third-order valence-electron chi connectivity index (χ3n) is 12.0. The average Bonchev–Trinajstić information content (AvgIpc) is 3.23. The summed E-state index contributed by atoms with van der Waals surface area (Å²) in [7, 11) is 0. The van der Waals surface area contributed by atoms with Crippen LogP contribution < -0.4 is 16.1 Å². The van der Waals surface area contributed by atoms with Crippen molar-refractivity contribution in [2.24, 2.45) is 5.92 Å². The van der Waals surface area contributed by atoms with Crippen LogP contribution in [0.4, 0.5) is 0 Å². The van der Waals surface area contributed by atoms with Gasteiger partial charge >= 0.3 is 0 Å². The maximum absolute atomic E-state index is 13.8. The van der Waals surface area contributed by atoms with E-state index in [9.17, 15) is 19.5 Å². The van der Waals surface area contributed by atoms with Crippen LogP contribution in [0.1, 0.15) is 139 Å². The van der Waals surface area contributed by atoms with Crippen molar-refractivity contribution in [3.05, 3.63) is 95.1 Å². The molecule has 1 saturated carbocycles. The van der Waals surface area contributed by atoms with Crippen LogP contribution in [0, 0.1) is 5.92 Å². The van der Waals surface area contributed by atoms with E-state index in [-0.39, 0.29) is 54.5 Å². The summed E-state index contributed by atoms with van der Waals surface area (Å²) in [5.41, 5.74) is 7.20. The smallest absolute Gasteiger partial charge is 0.243 e. The Hall–Kier alpha value is -4.13. The van der Waals surface area contributed by atoms with E-state index in [2.05, 4.69) is 45.9 Å². The van der Waals surface area contributed by atoms with Gasteiger partial charge in [-0.25, -0.2) is 5.48 Å². The van der Waals surface area contributed by atoms with Gasteiger partial charge in [0, 0.05) is 49.5 Å². The van der Waals surface area contributed by atoms with Gasteiger partial charge in [0.2, 0.25) is 17.7 Å². The molecule has 314 valence electrons. The van der Waals surface area contributed by atoms with Gasteiger partial charge in [-0.05, 0) is 93.0 Å². The van der Waals surface area contributed by atoms with Crippen LogP contribution in [0.15, 0.2) is 72.8 Å². The molecule has 58 heavy (non-hydrogen) atoms. The van der Waals surface area contributed by atoms with Crippen LogP contribution in [0.25, 0.3) is 11.1 Å². The van der Waals surface area contributed by atoms with Gasteiger partial charge in [-0.3, -0.25) is 24.5 Å². The first kappa shape index (κ1) is 43.4. The zero-order valence-corrected chi connectivity index (χ0v) is 34.6. The summed E-state index contributed by atoms with van der Waals surface area (Å²) in [6.45, 7) is 7.17. The molecule has 0 spiro atoms. The lowest BCUT2D eigenvalue weighted by molar-refractivity contribution is -0.255. The van der Waals surface area contributed by atoms with Crippen molar-refractivity contribution in [1.29, 1.82) is 0 Å². The molecule has 3 fully saturated rings. The van der Waals surface area contributed by atoms with Crippen molar-refractivity contribution in [3.63, 3.8) is 0 Å². The van der Waals surface area contributed by atoms with E-state index >= 15 is 0 Å². The Morgan fingerprint density at radius 1 is 0.793 bits per heavy atom. The number of hydroxylamine groups is 1. The average molecular weight is 797 g/mol. The Balaban J connectivity index is 1.16. The van der Waals surface area contributed by atoms with Crippen molar-refractivity contribution in [2.45, 2.75) is 154 Å². The van der Waals surface area contributed by atoms with Gasteiger partial charge in [0.1, 0.15) is 0 Å². The maximum atomic E-state index is 13.8. The number of benzene rings is 3. The standard InChI is InChI=1S/C47H64N4O7/c1-47(2,3)49-45(55)41-27-26-34-12-9-11-15-40(34)51(41)30-38-28-42(35-20-18-32(31-52)19-21-35)58-46(57-38)36-24-22-33(23-25-36)39-14-10-8-13-37(39)29-48-43(53)16-6-4-5-7-17-44(54)50-56/h8,10,13-14,18-25,34,38,40-42,46,52,56H,4-7,9,11-12,15-17,26-31H2,1-3H3,(H,48,53)(H,49,55)(H,50,54)/t34-,38+,40-,41-,42-,46-/m1/s1. The molecule has 1 aliphatic carbocycles. The number of piperidine rings is 1. The number of hydrogen-bond donors (Lipinski definition) is 5. The number of nitrogens with one attached hydrogen (secondary N) is 3. The Morgan fingerprint density at radius 2 is 1.48 bits per heavy atom. The third kappa shape index (κ3) is 12.0. The Labute approximate surface area is 344 Å².